The second-order valence-electron chi connectivity index (χ2n) is 4.55. The molecule has 0 fully saturated rings. The van der Waals surface area contributed by atoms with Gasteiger partial charge in [0.2, 0.25) is 0 Å². The van der Waals surface area contributed by atoms with Crippen molar-refractivity contribution >= 4 is 21.6 Å². The molecule has 0 aromatic heterocycles. The van der Waals surface area contributed by atoms with Gasteiger partial charge in [-0.25, -0.2) is 12.8 Å². The summed E-state index contributed by atoms with van der Waals surface area (Å²) >= 11 is 0. The highest BCUT2D eigenvalue weighted by molar-refractivity contribution is 7.93. The van der Waals surface area contributed by atoms with Gasteiger partial charge in [0.1, 0.15) is 5.82 Å². The Kier molecular flexibility index (Phi) is 4.67. The van der Waals surface area contributed by atoms with Crippen LogP contribution in [-0.2, 0) is 15.6 Å². The van der Waals surface area contributed by atoms with Gasteiger partial charge in [-0.1, -0.05) is 24.3 Å². The number of benzene rings is 2. The quantitative estimate of drug-likeness (QED) is 0.625. The summed E-state index contributed by atoms with van der Waals surface area (Å²) in [4.78, 5) is 10.3. The fraction of sp³-hybridized carbons (Fsp3) is 0.0667. The van der Waals surface area contributed by atoms with E-state index in [1.54, 1.807) is 6.07 Å². The Morgan fingerprint density at radius 3 is 2.36 bits per heavy atom. The number of nitro benzene ring substituents is 1. The van der Waals surface area contributed by atoms with E-state index in [0.717, 1.165) is 5.41 Å². The van der Waals surface area contributed by atoms with Gasteiger partial charge in [-0.15, -0.1) is 0 Å². The number of sulfone groups is 1. The van der Waals surface area contributed by atoms with Crippen LogP contribution in [-0.4, -0.2) is 13.3 Å². The van der Waals surface area contributed by atoms with E-state index in [9.17, 15) is 22.9 Å². The van der Waals surface area contributed by atoms with Crippen LogP contribution in [0.5, 0.6) is 0 Å². The third-order valence-electron chi connectivity index (χ3n) is 2.87. The number of nitrogens with zero attached hydrogens (tertiary/aromatic N) is 1. The molecule has 0 heterocycles. The van der Waals surface area contributed by atoms with E-state index in [1.807, 2.05) is 0 Å². The zero-order valence-corrected chi connectivity index (χ0v) is 12.2. The van der Waals surface area contributed by atoms with Crippen molar-refractivity contribution in [2.75, 3.05) is 0 Å². The van der Waals surface area contributed by atoms with Crippen LogP contribution in [0.4, 0.5) is 10.1 Å². The van der Waals surface area contributed by atoms with E-state index in [2.05, 4.69) is 0 Å². The molecule has 2 aromatic rings. The summed E-state index contributed by atoms with van der Waals surface area (Å²) in [5.74, 6) is -0.749. The van der Waals surface area contributed by atoms with Crippen molar-refractivity contribution in [3.05, 3.63) is 81.0 Å². The average molecular weight is 321 g/mol. The number of halogens is 1. The van der Waals surface area contributed by atoms with E-state index < -0.39 is 20.6 Å². The van der Waals surface area contributed by atoms with Crippen LogP contribution in [0.3, 0.4) is 0 Å². The molecule has 0 aliphatic rings. The topological polar surface area (TPSA) is 77.3 Å². The van der Waals surface area contributed by atoms with Gasteiger partial charge in [0.15, 0.2) is 9.84 Å². The summed E-state index contributed by atoms with van der Waals surface area (Å²) in [6, 6.07) is 11.0. The molecule has 0 aliphatic heterocycles. The first kappa shape index (κ1) is 15.8. The summed E-state index contributed by atoms with van der Waals surface area (Å²) in [7, 11) is -3.61. The molecule has 0 aliphatic carbocycles. The van der Waals surface area contributed by atoms with Gasteiger partial charge in [-0.3, -0.25) is 10.1 Å². The Morgan fingerprint density at radius 2 is 1.73 bits per heavy atom. The predicted octanol–water partition coefficient (Wildman–Crippen LogP) is 3.32. The standard InChI is InChI=1S/C15H12FNO4S/c16-14-7-5-12(6-8-14)11-22(20,21)10-9-13-3-1-2-4-15(13)17(18)19/h1-10H,11H2. The van der Waals surface area contributed by atoms with E-state index in [1.165, 1.54) is 48.5 Å². The normalized spacial score (nSPS) is 11.7. The largest absolute Gasteiger partial charge is 0.276 e. The van der Waals surface area contributed by atoms with Crippen molar-refractivity contribution in [1.29, 1.82) is 0 Å². The van der Waals surface area contributed by atoms with Crippen molar-refractivity contribution < 1.29 is 17.7 Å². The molecule has 0 atom stereocenters. The number of nitro groups is 1. The van der Waals surface area contributed by atoms with Crippen LogP contribution >= 0.6 is 0 Å². The highest BCUT2D eigenvalue weighted by atomic mass is 32.2. The molecule has 5 nitrogen and oxygen atoms in total. The van der Waals surface area contributed by atoms with E-state index in [-0.39, 0.29) is 17.0 Å². The van der Waals surface area contributed by atoms with Crippen molar-refractivity contribution in [2.24, 2.45) is 0 Å². The molecule has 0 amide bonds. The molecule has 7 heteroatoms. The summed E-state index contributed by atoms with van der Waals surface area (Å²) < 4.78 is 36.8. The summed E-state index contributed by atoms with van der Waals surface area (Å²) in [5, 5.41) is 11.8. The minimum absolute atomic E-state index is 0.171. The smallest absolute Gasteiger partial charge is 0.258 e. The fourth-order valence-corrected chi connectivity index (χ4v) is 2.94. The molecule has 0 saturated carbocycles. The average Bonchev–Trinajstić information content (AvgIpc) is 2.48. The van der Waals surface area contributed by atoms with Crippen LogP contribution in [0, 0.1) is 15.9 Å². The molecule has 0 spiro atoms. The van der Waals surface area contributed by atoms with Crippen LogP contribution in [0.2, 0.25) is 0 Å². The van der Waals surface area contributed by atoms with E-state index in [0.29, 0.717) is 5.56 Å². The fourth-order valence-electron chi connectivity index (χ4n) is 1.83. The van der Waals surface area contributed by atoms with E-state index >= 15 is 0 Å². The summed E-state index contributed by atoms with van der Waals surface area (Å²) in [6.07, 6.45) is 1.19. The first-order valence-electron chi connectivity index (χ1n) is 6.26. The maximum absolute atomic E-state index is 12.8. The lowest BCUT2D eigenvalue weighted by atomic mass is 10.2. The number of rotatable bonds is 5. The Bertz CT molecular complexity index is 814. The van der Waals surface area contributed by atoms with Crippen molar-refractivity contribution in [3.8, 4) is 0 Å². The van der Waals surface area contributed by atoms with Gasteiger partial charge < -0.3 is 0 Å². The van der Waals surface area contributed by atoms with Crippen molar-refractivity contribution in [1.82, 2.24) is 0 Å². The highest BCUT2D eigenvalue weighted by Gasteiger charge is 2.12. The first-order chi connectivity index (χ1) is 10.4. The van der Waals surface area contributed by atoms with Gasteiger partial charge >= 0.3 is 0 Å². The monoisotopic (exact) mass is 321 g/mol. The lowest BCUT2D eigenvalue weighted by Crippen LogP contribution is -2.00. The minimum Gasteiger partial charge on any atom is -0.258 e. The second-order valence-corrected chi connectivity index (χ2v) is 6.44. The van der Waals surface area contributed by atoms with Crippen molar-refractivity contribution in [3.63, 3.8) is 0 Å². The number of para-hydroxylation sites is 1. The molecule has 2 aromatic carbocycles. The zero-order valence-electron chi connectivity index (χ0n) is 11.3. The maximum Gasteiger partial charge on any atom is 0.276 e. The maximum atomic E-state index is 12.8. The van der Waals surface area contributed by atoms with Crippen LogP contribution in [0.1, 0.15) is 11.1 Å². The third-order valence-corrected chi connectivity index (χ3v) is 4.16. The Balaban J connectivity index is 2.21. The van der Waals surface area contributed by atoms with Crippen LogP contribution in [0.15, 0.2) is 53.9 Å². The highest BCUT2D eigenvalue weighted by Crippen LogP contribution is 2.20. The molecule has 114 valence electrons. The van der Waals surface area contributed by atoms with E-state index in [4.69, 9.17) is 0 Å². The SMILES string of the molecule is O=[N+]([O-])c1ccccc1C=CS(=O)(=O)Cc1ccc(F)cc1. The molecule has 2 rings (SSSR count). The van der Waals surface area contributed by atoms with Gasteiger partial charge in [0.25, 0.3) is 5.69 Å². The third kappa shape index (κ3) is 4.23. The lowest BCUT2D eigenvalue weighted by Gasteiger charge is -2.00. The molecular formula is C15H12FNO4S. The number of hydrogen-bond acceptors (Lipinski definition) is 4. The zero-order chi connectivity index (χ0) is 16.2. The Labute approximate surface area is 126 Å². The van der Waals surface area contributed by atoms with Crippen LogP contribution in [0.25, 0.3) is 6.08 Å². The molecular weight excluding hydrogens is 309 g/mol. The van der Waals surface area contributed by atoms with Gasteiger partial charge in [-0.05, 0) is 29.8 Å². The Hall–Kier alpha value is -2.54. The molecule has 0 saturated heterocycles. The summed E-state index contributed by atoms with van der Waals surface area (Å²) in [5.41, 5.74) is 0.472. The minimum atomic E-state index is -3.61. The lowest BCUT2D eigenvalue weighted by molar-refractivity contribution is -0.385. The van der Waals surface area contributed by atoms with Crippen molar-refractivity contribution in [2.45, 2.75) is 5.75 Å². The van der Waals surface area contributed by atoms with Gasteiger partial charge in [0.05, 0.1) is 16.2 Å². The Morgan fingerprint density at radius 1 is 1.09 bits per heavy atom. The number of hydrogen-bond donors (Lipinski definition) is 0. The molecule has 0 N–H and O–H groups in total. The predicted molar refractivity (Wildman–Crippen MR) is 81.2 cm³/mol. The summed E-state index contributed by atoms with van der Waals surface area (Å²) in [6.45, 7) is 0. The van der Waals surface area contributed by atoms with Crippen LogP contribution < -0.4 is 0 Å². The first-order valence-corrected chi connectivity index (χ1v) is 7.98. The molecule has 0 unspecified atom stereocenters. The molecule has 22 heavy (non-hydrogen) atoms. The molecule has 0 bridgehead atoms. The van der Waals surface area contributed by atoms with Gasteiger partial charge in [0, 0.05) is 11.5 Å². The second kappa shape index (κ2) is 6.48. The van der Waals surface area contributed by atoms with Gasteiger partial charge in [-0.2, -0.15) is 0 Å². The molecule has 0 radical (unpaired) electrons.